The molecule has 0 bridgehead atoms. The molecule has 1 aliphatic rings. The van der Waals surface area contributed by atoms with Gasteiger partial charge in [-0.25, -0.2) is 4.79 Å². The molecule has 0 aliphatic carbocycles. The molecular formula is C19H32IN5O2. The maximum atomic E-state index is 11.8. The van der Waals surface area contributed by atoms with Gasteiger partial charge in [-0.1, -0.05) is 24.3 Å². The lowest BCUT2D eigenvalue weighted by Crippen LogP contribution is -2.53. The molecule has 0 unspecified atom stereocenters. The maximum absolute atomic E-state index is 11.8. The maximum Gasteiger partial charge on any atom is 0.409 e. The summed E-state index contributed by atoms with van der Waals surface area (Å²) in [6.07, 6.45) is -0.229. The van der Waals surface area contributed by atoms with Gasteiger partial charge in [0.05, 0.1) is 6.61 Å². The highest BCUT2D eigenvalue weighted by Gasteiger charge is 2.23. The van der Waals surface area contributed by atoms with Crippen molar-refractivity contribution in [1.29, 1.82) is 0 Å². The molecule has 1 aromatic rings. The number of benzene rings is 1. The molecule has 7 nitrogen and oxygen atoms in total. The van der Waals surface area contributed by atoms with E-state index < -0.39 is 0 Å². The van der Waals surface area contributed by atoms with E-state index >= 15 is 0 Å². The van der Waals surface area contributed by atoms with Crippen LogP contribution in [0.3, 0.4) is 0 Å². The highest BCUT2D eigenvalue weighted by atomic mass is 127. The molecule has 8 heteroatoms. The van der Waals surface area contributed by atoms with Gasteiger partial charge in [-0.15, -0.1) is 24.0 Å². The molecule has 1 amide bonds. The Bertz CT molecular complexity index is 599. The predicted octanol–water partition coefficient (Wildman–Crippen LogP) is 2.22. The summed E-state index contributed by atoms with van der Waals surface area (Å²) in [5.41, 5.74) is 2.53. The van der Waals surface area contributed by atoms with E-state index in [4.69, 9.17) is 4.74 Å². The van der Waals surface area contributed by atoms with Crippen LogP contribution in [0, 0.1) is 0 Å². The van der Waals surface area contributed by atoms with Crippen LogP contribution in [0.25, 0.3) is 0 Å². The number of guanidine groups is 1. The number of ether oxygens (including phenoxy) is 1. The number of nitrogens with zero attached hydrogens (tertiary/aromatic N) is 4. The quantitative estimate of drug-likeness (QED) is 0.391. The summed E-state index contributed by atoms with van der Waals surface area (Å²) in [5, 5.41) is 3.42. The second-order valence-electron chi connectivity index (χ2n) is 6.63. The van der Waals surface area contributed by atoms with Crippen LogP contribution in [0.4, 0.5) is 4.79 Å². The summed E-state index contributed by atoms with van der Waals surface area (Å²) in [4.78, 5) is 22.2. The summed E-state index contributed by atoms with van der Waals surface area (Å²) in [7, 11) is 5.93. The van der Waals surface area contributed by atoms with Crippen LogP contribution in [-0.4, -0.2) is 80.7 Å². The molecule has 2 rings (SSSR count). The molecule has 0 saturated carbocycles. The van der Waals surface area contributed by atoms with Crippen molar-refractivity contribution < 1.29 is 9.53 Å². The molecule has 0 spiro atoms. The number of nitrogens with one attached hydrogen (secondary N) is 1. The van der Waals surface area contributed by atoms with E-state index in [-0.39, 0.29) is 30.1 Å². The van der Waals surface area contributed by atoms with E-state index in [9.17, 15) is 4.79 Å². The van der Waals surface area contributed by atoms with Crippen molar-refractivity contribution in [2.75, 3.05) is 53.9 Å². The number of hydrogen-bond acceptors (Lipinski definition) is 4. The van der Waals surface area contributed by atoms with E-state index in [0.717, 1.165) is 32.1 Å². The van der Waals surface area contributed by atoms with Gasteiger partial charge < -0.3 is 24.8 Å². The Morgan fingerprint density at radius 1 is 1.11 bits per heavy atom. The molecular weight excluding hydrogens is 457 g/mol. The first kappa shape index (κ1) is 23.5. The molecule has 152 valence electrons. The highest BCUT2D eigenvalue weighted by Crippen LogP contribution is 2.08. The first-order chi connectivity index (χ1) is 12.5. The van der Waals surface area contributed by atoms with Crippen molar-refractivity contribution in [1.82, 2.24) is 20.0 Å². The SMILES string of the molecule is CCOC(=O)N1CCN(C(=NC)NCc2ccc(CN(C)C)cc2)CC1.I. The Hall–Kier alpha value is -1.55. The van der Waals surface area contributed by atoms with Crippen molar-refractivity contribution in [3.8, 4) is 0 Å². The summed E-state index contributed by atoms with van der Waals surface area (Å²) >= 11 is 0. The molecule has 27 heavy (non-hydrogen) atoms. The Labute approximate surface area is 179 Å². The van der Waals surface area contributed by atoms with Crippen molar-refractivity contribution in [2.45, 2.75) is 20.0 Å². The van der Waals surface area contributed by atoms with Gasteiger partial charge in [0.15, 0.2) is 5.96 Å². The van der Waals surface area contributed by atoms with Crippen LogP contribution in [0.2, 0.25) is 0 Å². The lowest BCUT2D eigenvalue weighted by Gasteiger charge is -2.35. The Kier molecular flexibility index (Phi) is 10.5. The average molecular weight is 489 g/mol. The van der Waals surface area contributed by atoms with Crippen molar-refractivity contribution in [2.24, 2.45) is 4.99 Å². The van der Waals surface area contributed by atoms with Crippen LogP contribution in [0.5, 0.6) is 0 Å². The normalized spacial score (nSPS) is 14.8. The van der Waals surface area contributed by atoms with Crippen LogP contribution in [0.15, 0.2) is 29.3 Å². The third-order valence-corrected chi connectivity index (χ3v) is 4.29. The third kappa shape index (κ3) is 7.53. The van der Waals surface area contributed by atoms with Gasteiger partial charge in [0.1, 0.15) is 0 Å². The number of halogens is 1. The smallest absolute Gasteiger partial charge is 0.409 e. The fourth-order valence-corrected chi connectivity index (χ4v) is 2.96. The van der Waals surface area contributed by atoms with Crippen molar-refractivity contribution in [3.05, 3.63) is 35.4 Å². The standard InChI is InChI=1S/C19H31N5O2.HI/c1-5-26-19(25)24-12-10-23(11-13-24)18(20-2)21-14-16-6-8-17(9-7-16)15-22(3)4;/h6-9H,5,10-15H2,1-4H3,(H,20,21);1H. The number of aliphatic imine (C=N–C) groups is 1. The van der Waals surface area contributed by atoms with Crippen molar-refractivity contribution >= 4 is 36.0 Å². The number of rotatable bonds is 5. The molecule has 1 fully saturated rings. The second-order valence-corrected chi connectivity index (χ2v) is 6.63. The van der Waals surface area contributed by atoms with Gasteiger partial charge in [0, 0.05) is 46.3 Å². The molecule has 0 atom stereocenters. The Balaban J connectivity index is 0.00000364. The van der Waals surface area contributed by atoms with Gasteiger partial charge in [0.2, 0.25) is 0 Å². The van der Waals surface area contributed by atoms with Gasteiger partial charge in [0.25, 0.3) is 0 Å². The first-order valence-corrected chi connectivity index (χ1v) is 9.13. The summed E-state index contributed by atoms with van der Waals surface area (Å²) in [6.45, 7) is 6.72. The number of carbonyl (C=O) groups is 1. The lowest BCUT2D eigenvalue weighted by molar-refractivity contribution is 0.0914. The van der Waals surface area contributed by atoms with Gasteiger partial charge in [-0.2, -0.15) is 0 Å². The zero-order valence-electron chi connectivity index (χ0n) is 16.8. The minimum atomic E-state index is -0.229. The van der Waals surface area contributed by atoms with E-state index in [1.165, 1.54) is 11.1 Å². The molecule has 0 aromatic heterocycles. The average Bonchev–Trinajstić information content (AvgIpc) is 2.64. The Morgan fingerprint density at radius 3 is 2.19 bits per heavy atom. The van der Waals surface area contributed by atoms with Crippen LogP contribution in [-0.2, 0) is 17.8 Å². The molecule has 1 heterocycles. The van der Waals surface area contributed by atoms with E-state index in [0.29, 0.717) is 19.7 Å². The molecule has 0 radical (unpaired) electrons. The van der Waals surface area contributed by atoms with Crippen LogP contribution >= 0.6 is 24.0 Å². The lowest BCUT2D eigenvalue weighted by atomic mass is 10.1. The monoisotopic (exact) mass is 489 g/mol. The highest BCUT2D eigenvalue weighted by molar-refractivity contribution is 14.0. The molecule has 1 N–H and O–H groups in total. The van der Waals surface area contributed by atoms with E-state index in [2.05, 4.69) is 58.5 Å². The first-order valence-electron chi connectivity index (χ1n) is 9.13. The molecule has 1 saturated heterocycles. The number of amides is 1. The fourth-order valence-electron chi connectivity index (χ4n) is 2.96. The van der Waals surface area contributed by atoms with E-state index in [1.807, 2.05) is 6.92 Å². The largest absolute Gasteiger partial charge is 0.450 e. The van der Waals surface area contributed by atoms with Gasteiger partial charge in [-0.05, 0) is 32.1 Å². The zero-order valence-corrected chi connectivity index (χ0v) is 19.1. The number of piperazine rings is 1. The Morgan fingerprint density at radius 2 is 1.67 bits per heavy atom. The number of carbonyl (C=O) groups excluding carboxylic acids is 1. The van der Waals surface area contributed by atoms with Crippen LogP contribution < -0.4 is 5.32 Å². The summed E-state index contributed by atoms with van der Waals surface area (Å²) in [6, 6.07) is 8.63. The topological polar surface area (TPSA) is 60.4 Å². The fraction of sp³-hybridized carbons (Fsp3) is 0.579. The van der Waals surface area contributed by atoms with Gasteiger partial charge >= 0.3 is 6.09 Å². The minimum absolute atomic E-state index is 0. The van der Waals surface area contributed by atoms with E-state index in [1.54, 1.807) is 11.9 Å². The number of hydrogen-bond donors (Lipinski definition) is 1. The van der Waals surface area contributed by atoms with Gasteiger partial charge in [-0.3, -0.25) is 4.99 Å². The summed E-state index contributed by atoms with van der Waals surface area (Å²) < 4.78 is 5.06. The predicted molar refractivity (Wildman–Crippen MR) is 120 cm³/mol. The minimum Gasteiger partial charge on any atom is -0.450 e. The summed E-state index contributed by atoms with van der Waals surface area (Å²) in [5.74, 6) is 0.867. The second kappa shape index (κ2) is 12.0. The third-order valence-electron chi connectivity index (χ3n) is 4.29. The zero-order chi connectivity index (χ0) is 18.9. The van der Waals surface area contributed by atoms with Crippen molar-refractivity contribution in [3.63, 3.8) is 0 Å². The molecule has 1 aromatic carbocycles. The van der Waals surface area contributed by atoms with Crippen LogP contribution in [0.1, 0.15) is 18.1 Å². The molecule has 1 aliphatic heterocycles.